The van der Waals surface area contributed by atoms with Crippen molar-refractivity contribution in [2.24, 2.45) is 0 Å². The van der Waals surface area contributed by atoms with E-state index in [1.165, 1.54) is 4.90 Å². The standard InChI is InChI=1S/C23H27N3O2S3.ClH/c1-29-18-8-6-17(7-9-18)16-21(27)26(11-10-25-12-14-28-15-13-25)23-24-22-19(30-2)4-3-5-20(22)31-23;/h3-9H,10-16H2,1-2H3;1H. The molecule has 0 atom stereocenters. The van der Waals surface area contributed by atoms with Gasteiger partial charge in [-0.05, 0) is 42.3 Å². The van der Waals surface area contributed by atoms with Crippen LogP contribution in [0, 0.1) is 0 Å². The highest BCUT2D eigenvalue weighted by Crippen LogP contribution is 2.34. The monoisotopic (exact) mass is 509 g/mol. The summed E-state index contributed by atoms with van der Waals surface area (Å²) in [5, 5.41) is 0.787. The smallest absolute Gasteiger partial charge is 0.233 e. The number of para-hydroxylation sites is 1. The van der Waals surface area contributed by atoms with Gasteiger partial charge in [-0.2, -0.15) is 0 Å². The molecule has 0 bridgehead atoms. The molecule has 1 aliphatic heterocycles. The van der Waals surface area contributed by atoms with Crippen LogP contribution in [0.1, 0.15) is 5.56 Å². The Morgan fingerprint density at radius 2 is 1.88 bits per heavy atom. The molecule has 0 aliphatic carbocycles. The van der Waals surface area contributed by atoms with Crippen LogP contribution in [-0.4, -0.2) is 67.7 Å². The van der Waals surface area contributed by atoms with Gasteiger partial charge in [0.25, 0.3) is 0 Å². The average Bonchev–Trinajstić information content (AvgIpc) is 3.24. The lowest BCUT2D eigenvalue weighted by atomic mass is 10.1. The van der Waals surface area contributed by atoms with Crippen LogP contribution >= 0.6 is 47.3 Å². The maximum absolute atomic E-state index is 13.4. The molecule has 1 saturated heterocycles. The number of thiazole rings is 1. The van der Waals surface area contributed by atoms with Crippen molar-refractivity contribution in [2.45, 2.75) is 16.2 Å². The van der Waals surface area contributed by atoms with E-state index in [1.54, 1.807) is 34.9 Å². The van der Waals surface area contributed by atoms with Crippen LogP contribution < -0.4 is 4.90 Å². The molecule has 0 unspecified atom stereocenters. The first-order chi connectivity index (χ1) is 15.2. The predicted octanol–water partition coefficient (Wildman–Crippen LogP) is 5.07. The Bertz CT molecular complexity index is 1020. The lowest BCUT2D eigenvalue weighted by Gasteiger charge is -2.29. The van der Waals surface area contributed by atoms with E-state index in [9.17, 15) is 4.79 Å². The molecule has 5 nitrogen and oxygen atoms in total. The average molecular weight is 510 g/mol. The Labute approximate surface area is 208 Å². The zero-order valence-electron chi connectivity index (χ0n) is 18.3. The van der Waals surface area contributed by atoms with E-state index < -0.39 is 0 Å². The number of anilines is 1. The Hall–Kier alpha value is -1.29. The third-order valence-corrected chi connectivity index (χ3v) is 7.94. The van der Waals surface area contributed by atoms with Gasteiger partial charge in [0.05, 0.1) is 29.9 Å². The minimum atomic E-state index is 0. The van der Waals surface area contributed by atoms with E-state index in [4.69, 9.17) is 9.72 Å². The molecular weight excluding hydrogens is 482 g/mol. The third kappa shape index (κ3) is 6.18. The van der Waals surface area contributed by atoms with Gasteiger partial charge in [-0.1, -0.05) is 29.5 Å². The summed E-state index contributed by atoms with van der Waals surface area (Å²) in [5.74, 6) is 0.0925. The quantitative estimate of drug-likeness (QED) is 0.395. The first-order valence-electron chi connectivity index (χ1n) is 10.3. The van der Waals surface area contributed by atoms with Gasteiger partial charge in [0.2, 0.25) is 5.91 Å². The van der Waals surface area contributed by atoms with E-state index in [0.717, 1.165) is 58.7 Å². The van der Waals surface area contributed by atoms with E-state index in [1.807, 2.05) is 17.0 Å². The van der Waals surface area contributed by atoms with Crippen molar-refractivity contribution in [3.8, 4) is 0 Å². The lowest BCUT2D eigenvalue weighted by Crippen LogP contribution is -2.43. The van der Waals surface area contributed by atoms with Crippen molar-refractivity contribution in [3.05, 3.63) is 48.0 Å². The number of benzene rings is 2. The van der Waals surface area contributed by atoms with Crippen molar-refractivity contribution in [1.82, 2.24) is 9.88 Å². The number of morpholine rings is 1. The first kappa shape index (κ1) is 25.3. The fourth-order valence-electron chi connectivity index (χ4n) is 3.60. The van der Waals surface area contributed by atoms with Crippen LogP contribution in [0.5, 0.6) is 0 Å². The van der Waals surface area contributed by atoms with Crippen LogP contribution in [-0.2, 0) is 16.0 Å². The zero-order chi connectivity index (χ0) is 21.6. The van der Waals surface area contributed by atoms with Crippen LogP contribution in [0.25, 0.3) is 10.2 Å². The molecule has 3 aromatic rings. The fraction of sp³-hybridized carbons (Fsp3) is 0.391. The molecule has 2 aromatic carbocycles. The normalized spacial score (nSPS) is 14.3. The summed E-state index contributed by atoms with van der Waals surface area (Å²) in [7, 11) is 0. The van der Waals surface area contributed by atoms with Crippen molar-refractivity contribution < 1.29 is 9.53 Å². The summed E-state index contributed by atoms with van der Waals surface area (Å²) in [5.41, 5.74) is 2.02. The van der Waals surface area contributed by atoms with Crippen LogP contribution in [0.2, 0.25) is 0 Å². The van der Waals surface area contributed by atoms with Crippen molar-refractivity contribution in [1.29, 1.82) is 0 Å². The molecule has 32 heavy (non-hydrogen) atoms. The maximum atomic E-state index is 13.4. The van der Waals surface area contributed by atoms with Gasteiger partial charge in [-0.25, -0.2) is 4.98 Å². The van der Waals surface area contributed by atoms with Crippen LogP contribution in [0.3, 0.4) is 0 Å². The number of carbonyl (C=O) groups is 1. The highest BCUT2D eigenvalue weighted by Gasteiger charge is 2.22. The Kier molecular flexibility index (Phi) is 9.70. The molecule has 0 N–H and O–H groups in total. The molecule has 0 spiro atoms. The number of amides is 1. The number of fused-ring (bicyclic) bond motifs is 1. The second-order valence-corrected chi connectivity index (χ2v) is 10.1. The van der Waals surface area contributed by atoms with Gasteiger partial charge in [-0.3, -0.25) is 14.6 Å². The second-order valence-electron chi connectivity index (χ2n) is 7.33. The number of hydrogen-bond acceptors (Lipinski definition) is 7. The number of carbonyl (C=O) groups excluding carboxylic acids is 1. The van der Waals surface area contributed by atoms with Gasteiger partial charge < -0.3 is 4.74 Å². The molecule has 4 rings (SSSR count). The maximum Gasteiger partial charge on any atom is 0.233 e. The Morgan fingerprint density at radius 3 is 2.56 bits per heavy atom. The molecule has 0 saturated carbocycles. The van der Waals surface area contributed by atoms with Gasteiger partial charge in [0, 0.05) is 36.0 Å². The number of ether oxygens (including phenoxy) is 1. The van der Waals surface area contributed by atoms with Crippen molar-refractivity contribution >= 4 is 68.5 Å². The minimum Gasteiger partial charge on any atom is -0.379 e. The van der Waals surface area contributed by atoms with Gasteiger partial charge in [-0.15, -0.1) is 35.9 Å². The summed E-state index contributed by atoms with van der Waals surface area (Å²) in [6.07, 6.45) is 4.50. The number of aromatic nitrogens is 1. The third-order valence-electron chi connectivity index (χ3n) is 5.38. The molecule has 1 fully saturated rings. The second kappa shape index (κ2) is 12.3. The Morgan fingerprint density at radius 1 is 1.12 bits per heavy atom. The molecule has 1 aliphatic rings. The van der Waals surface area contributed by atoms with E-state index in [0.29, 0.717) is 13.0 Å². The fourth-order valence-corrected chi connectivity index (χ4v) is 5.67. The van der Waals surface area contributed by atoms with E-state index in [2.05, 4.69) is 47.7 Å². The summed E-state index contributed by atoms with van der Waals surface area (Å²) in [6, 6.07) is 14.5. The zero-order valence-corrected chi connectivity index (χ0v) is 21.5. The Balaban J connectivity index is 0.00000289. The number of nitrogens with zero attached hydrogens (tertiary/aromatic N) is 3. The SMILES string of the molecule is CSc1ccc(CC(=O)N(CCN2CCOCC2)c2nc3c(SC)cccc3s2)cc1.Cl. The van der Waals surface area contributed by atoms with Gasteiger partial charge >= 0.3 is 0 Å². The van der Waals surface area contributed by atoms with Crippen LogP contribution in [0.4, 0.5) is 5.13 Å². The number of rotatable bonds is 8. The largest absolute Gasteiger partial charge is 0.379 e. The topological polar surface area (TPSA) is 45.7 Å². The summed E-state index contributed by atoms with van der Waals surface area (Å²) in [4.78, 5) is 24.9. The summed E-state index contributed by atoms with van der Waals surface area (Å²) in [6.45, 7) is 4.80. The van der Waals surface area contributed by atoms with Crippen molar-refractivity contribution in [3.63, 3.8) is 0 Å². The molecule has 0 radical (unpaired) electrons. The molecule has 1 aromatic heterocycles. The molecule has 172 valence electrons. The van der Waals surface area contributed by atoms with Gasteiger partial charge in [0.1, 0.15) is 0 Å². The van der Waals surface area contributed by atoms with Crippen LogP contribution in [0.15, 0.2) is 52.3 Å². The predicted molar refractivity (Wildman–Crippen MR) is 140 cm³/mol. The minimum absolute atomic E-state index is 0. The first-order valence-corrected chi connectivity index (χ1v) is 13.6. The number of hydrogen-bond donors (Lipinski definition) is 0. The lowest BCUT2D eigenvalue weighted by molar-refractivity contribution is -0.118. The van der Waals surface area contributed by atoms with Gasteiger partial charge in [0.15, 0.2) is 5.13 Å². The van der Waals surface area contributed by atoms with E-state index in [-0.39, 0.29) is 18.3 Å². The van der Waals surface area contributed by atoms with E-state index >= 15 is 0 Å². The number of thioether (sulfide) groups is 2. The van der Waals surface area contributed by atoms with Crippen molar-refractivity contribution in [2.75, 3.05) is 56.8 Å². The molecular formula is C23H28ClN3O2S3. The summed E-state index contributed by atoms with van der Waals surface area (Å²) < 4.78 is 6.59. The molecule has 9 heteroatoms. The molecule has 1 amide bonds. The number of halogens is 1. The summed E-state index contributed by atoms with van der Waals surface area (Å²) >= 11 is 5.00. The highest BCUT2D eigenvalue weighted by atomic mass is 35.5. The molecule has 2 heterocycles. The highest BCUT2D eigenvalue weighted by molar-refractivity contribution is 7.99.